The minimum atomic E-state index is -0.427. The number of carbonyl (C=O) groups excluding carboxylic acids is 1. The number of fused-ring (bicyclic) bond motifs is 1. The van der Waals surface area contributed by atoms with Crippen molar-refractivity contribution in [3.05, 3.63) is 11.8 Å². The highest BCUT2D eigenvalue weighted by atomic mass is 16.6. The molecule has 1 fully saturated rings. The lowest BCUT2D eigenvalue weighted by molar-refractivity contribution is 0.0181. The van der Waals surface area contributed by atoms with Crippen LogP contribution in [0.25, 0.3) is 0 Å². The van der Waals surface area contributed by atoms with Crippen LogP contribution >= 0.6 is 0 Å². The summed E-state index contributed by atoms with van der Waals surface area (Å²) < 4.78 is 5.37. The Morgan fingerprint density at radius 1 is 1.47 bits per heavy atom. The lowest BCUT2D eigenvalue weighted by Gasteiger charge is -2.36. The topological polar surface area (TPSA) is 44.8 Å². The van der Waals surface area contributed by atoms with Gasteiger partial charge in [-0.15, -0.1) is 0 Å². The van der Waals surface area contributed by atoms with E-state index in [1.54, 1.807) is 4.90 Å². The summed E-state index contributed by atoms with van der Waals surface area (Å²) in [5.74, 6) is 0. The van der Waals surface area contributed by atoms with Gasteiger partial charge in [-0.3, -0.25) is 0 Å². The normalized spacial score (nSPS) is 24.5. The molecule has 5 nitrogen and oxygen atoms in total. The van der Waals surface area contributed by atoms with E-state index in [1.807, 2.05) is 20.8 Å². The molecular formula is C12H21N3O2. The van der Waals surface area contributed by atoms with E-state index in [0.717, 1.165) is 12.2 Å². The van der Waals surface area contributed by atoms with E-state index in [-0.39, 0.29) is 6.09 Å². The second-order valence-electron chi connectivity index (χ2n) is 5.63. The van der Waals surface area contributed by atoms with Gasteiger partial charge in [0, 0.05) is 18.3 Å². The average Bonchev–Trinajstić information content (AvgIpc) is 2.53. The third-order valence-electron chi connectivity index (χ3n) is 2.75. The van der Waals surface area contributed by atoms with E-state index in [0.29, 0.717) is 19.1 Å². The fraction of sp³-hybridized carbons (Fsp3) is 0.750. The van der Waals surface area contributed by atoms with Crippen LogP contribution in [0.4, 0.5) is 4.79 Å². The second-order valence-corrected chi connectivity index (χ2v) is 5.63. The van der Waals surface area contributed by atoms with Crippen molar-refractivity contribution in [3.8, 4) is 0 Å². The standard InChI is InChI=1S/C12H21N3O2/c1-9-7-10-8-14(5-6-15(10)13-9)11(16)17-12(2,3)4/h7,9,13H,5-6,8H2,1-4H3. The highest BCUT2D eigenvalue weighted by Gasteiger charge is 2.31. The van der Waals surface area contributed by atoms with Crippen molar-refractivity contribution >= 4 is 6.09 Å². The summed E-state index contributed by atoms with van der Waals surface area (Å²) in [5, 5.41) is 2.12. The van der Waals surface area contributed by atoms with Gasteiger partial charge in [0.05, 0.1) is 13.1 Å². The average molecular weight is 239 g/mol. The third-order valence-corrected chi connectivity index (χ3v) is 2.75. The molecule has 1 saturated heterocycles. The monoisotopic (exact) mass is 239 g/mol. The predicted molar refractivity (Wildman–Crippen MR) is 65.2 cm³/mol. The molecule has 1 atom stereocenters. The third kappa shape index (κ3) is 2.91. The van der Waals surface area contributed by atoms with Crippen molar-refractivity contribution < 1.29 is 9.53 Å². The van der Waals surface area contributed by atoms with E-state index < -0.39 is 5.60 Å². The van der Waals surface area contributed by atoms with Crippen molar-refractivity contribution in [2.45, 2.75) is 39.3 Å². The molecule has 2 heterocycles. The molecule has 0 aromatic heterocycles. The lowest BCUT2D eigenvalue weighted by Crippen LogP contribution is -2.51. The fourth-order valence-electron chi connectivity index (χ4n) is 2.07. The number of amides is 1. The molecule has 2 aliphatic heterocycles. The van der Waals surface area contributed by atoms with Gasteiger partial charge in [0.25, 0.3) is 0 Å². The summed E-state index contributed by atoms with van der Waals surface area (Å²) in [7, 11) is 0. The summed E-state index contributed by atoms with van der Waals surface area (Å²) in [6.45, 7) is 9.91. The van der Waals surface area contributed by atoms with E-state index in [4.69, 9.17) is 4.74 Å². The van der Waals surface area contributed by atoms with Gasteiger partial charge in [-0.25, -0.2) is 10.2 Å². The molecule has 5 heteroatoms. The number of rotatable bonds is 0. The maximum atomic E-state index is 11.9. The van der Waals surface area contributed by atoms with Gasteiger partial charge in [0.2, 0.25) is 0 Å². The maximum Gasteiger partial charge on any atom is 0.410 e. The first-order valence-corrected chi connectivity index (χ1v) is 6.07. The first-order valence-electron chi connectivity index (χ1n) is 6.07. The molecule has 0 aliphatic carbocycles. The molecule has 0 aromatic rings. The number of hydrazine groups is 1. The number of hydrogen-bond acceptors (Lipinski definition) is 4. The Morgan fingerprint density at radius 2 is 2.18 bits per heavy atom. The summed E-state index contributed by atoms with van der Waals surface area (Å²) in [6.07, 6.45) is 1.92. The SMILES string of the molecule is CC1C=C2CN(C(=O)OC(C)(C)C)CCN2N1. The van der Waals surface area contributed by atoms with Gasteiger partial charge in [-0.2, -0.15) is 0 Å². The first-order chi connectivity index (χ1) is 7.85. The maximum absolute atomic E-state index is 11.9. The van der Waals surface area contributed by atoms with Gasteiger partial charge in [-0.05, 0) is 33.8 Å². The Labute approximate surface area is 102 Å². The van der Waals surface area contributed by atoms with Crippen LogP contribution in [0.5, 0.6) is 0 Å². The minimum Gasteiger partial charge on any atom is -0.444 e. The van der Waals surface area contributed by atoms with E-state index >= 15 is 0 Å². The summed E-state index contributed by atoms with van der Waals surface area (Å²) in [4.78, 5) is 13.7. The fourth-order valence-corrected chi connectivity index (χ4v) is 2.07. The number of piperazine rings is 1. The molecule has 96 valence electrons. The van der Waals surface area contributed by atoms with Crippen LogP contribution in [0.1, 0.15) is 27.7 Å². The summed E-state index contributed by atoms with van der Waals surface area (Å²) >= 11 is 0. The van der Waals surface area contributed by atoms with Crippen LogP contribution in [-0.2, 0) is 4.74 Å². The van der Waals surface area contributed by atoms with Crippen molar-refractivity contribution in [1.82, 2.24) is 15.3 Å². The smallest absolute Gasteiger partial charge is 0.410 e. The van der Waals surface area contributed by atoms with Crippen LogP contribution in [-0.4, -0.2) is 47.3 Å². The Hall–Kier alpha value is -1.23. The molecule has 2 rings (SSSR count). The van der Waals surface area contributed by atoms with Crippen LogP contribution in [0, 0.1) is 0 Å². The first kappa shape index (κ1) is 12.2. The zero-order chi connectivity index (χ0) is 12.6. The Morgan fingerprint density at radius 3 is 2.82 bits per heavy atom. The van der Waals surface area contributed by atoms with Crippen molar-refractivity contribution in [2.75, 3.05) is 19.6 Å². The molecule has 2 aliphatic rings. The number of hydrogen-bond donors (Lipinski definition) is 1. The highest BCUT2D eigenvalue weighted by Crippen LogP contribution is 2.19. The molecule has 0 saturated carbocycles. The molecule has 1 N–H and O–H groups in total. The second kappa shape index (κ2) is 4.22. The summed E-state index contributed by atoms with van der Waals surface area (Å²) in [6, 6.07) is 0.351. The van der Waals surface area contributed by atoms with Crippen molar-refractivity contribution in [3.63, 3.8) is 0 Å². The zero-order valence-corrected chi connectivity index (χ0v) is 11.0. The van der Waals surface area contributed by atoms with Gasteiger partial charge >= 0.3 is 6.09 Å². The Bertz CT molecular complexity index is 346. The van der Waals surface area contributed by atoms with Gasteiger partial charge in [0.1, 0.15) is 5.60 Å². The Kier molecular flexibility index (Phi) is 3.03. The highest BCUT2D eigenvalue weighted by molar-refractivity contribution is 5.68. The number of nitrogens with zero attached hydrogens (tertiary/aromatic N) is 2. The minimum absolute atomic E-state index is 0.224. The molecule has 1 amide bonds. The largest absolute Gasteiger partial charge is 0.444 e. The van der Waals surface area contributed by atoms with Gasteiger partial charge < -0.3 is 14.6 Å². The van der Waals surface area contributed by atoms with Gasteiger partial charge in [-0.1, -0.05) is 0 Å². The van der Waals surface area contributed by atoms with Crippen molar-refractivity contribution in [2.24, 2.45) is 0 Å². The van der Waals surface area contributed by atoms with E-state index in [1.165, 1.54) is 0 Å². The number of nitrogens with one attached hydrogen (secondary N) is 1. The van der Waals surface area contributed by atoms with Crippen LogP contribution in [0.3, 0.4) is 0 Å². The van der Waals surface area contributed by atoms with Crippen LogP contribution in [0.2, 0.25) is 0 Å². The molecular weight excluding hydrogens is 218 g/mol. The molecule has 0 aromatic carbocycles. The zero-order valence-electron chi connectivity index (χ0n) is 11.0. The van der Waals surface area contributed by atoms with Crippen molar-refractivity contribution in [1.29, 1.82) is 0 Å². The molecule has 0 spiro atoms. The van der Waals surface area contributed by atoms with Crippen LogP contribution in [0.15, 0.2) is 11.8 Å². The molecule has 17 heavy (non-hydrogen) atoms. The molecule has 0 bridgehead atoms. The quantitative estimate of drug-likeness (QED) is 0.692. The van der Waals surface area contributed by atoms with E-state index in [9.17, 15) is 4.79 Å². The van der Waals surface area contributed by atoms with E-state index in [2.05, 4.69) is 23.4 Å². The van der Waals surface area contributed by atoms with Gasteiger partial charge in [0.15, 0.2) is 0 Å². The molecule has 0 radical (unpaired) electrons. The predicted octanol–water partition coefficient (Wildman–Crippen LogP) is 1.33. The Balaban J connectivity index is 1.96. The molecule has 1 unspecified atom stereocenters. The van der Waals surface area contributed by atoms with Crippen LogP contribution < -0.4 is 5.43 Å². The lowest BCUT2D eigenvalue weighted by atomic mass is 10.2. The number of ether oxygens (including phenoxy) is 1. The summed E-state index contributed by atoms with van der Waals surface area (Å²) in [5.41, 5.74) is 4.06. The number of carbonyl (C=O) groups is 1.